The number of para-hydroxylation sites is 1. The summed E-state index contributed by atoms with van der Waals surface area (Å²) in [6.07, 6.45) is 0. The van der Waals surface area contributed by atoms with Gasteiger partial charge in [-0.05, 0) is 30.7 Å². The highest BCUT2D eigenvalue weighted by Gasteiger charge is 2.21. The summed E-state index contributed by atoms with van der Waals surface area (Å²) in [6, 6.07) is 12.8. The molecular weight excluding hydrogens is 357 g/mol. The number of pyridine rings is 1. The second-order valence-corrected chi connectivity index (χ2v) is 6.95. The fourth-order valence-corrected chi connectivity index (χ4v) is 3.81. The molecule has 0 spiro atoms. The third-order valence-corrected chi connectivity index (χ3v) is 5.28. The summed E-state index contributed by atoms with van der Waals surface area (Å²) < 4.78 is 25.0. The van der Waals surface area contributed by atoms with Crippen LogP contribution in [0.4, 0.5) is 15.9 Å². The first-order chi connectivity index (χ1) is 13.6. The van der Waals surface area contributed by atoms with Crippen molar-refractivity contribution < 1.29 is 13.9 Å². The van der Waals surface area contributed by atoms with Crippen molar-refractivity contribution in [3.8, 4) is 11.5 Å². The van der Waals surface area contributed by atoms with Crippen LogP contribution >= 0.6 is 0 Å². The first kappa shape index (κ1) is 18.3. The number of anilines is 2. The number of methoxy groups -OCH3 is 2. The topological polar surface area (TPSA) is 37.8 Å². The molecular formula is C22H24FN3O2. The number of ether oxygens (including phenoxy) is 2. The molecule has 0 aliphatic carbocycles. The number of nitrogens with zero attached hydrogens (tertiary/aromatic N) is 3. The number of hydrogen-bond donors (Lipinski definition) is 0. The molecule has 5 nitrogen and oxygen atoms in total. The van der Waals surface area contributed by atoms with Gasteiger partial charge in [0.1, 0.15) is 23.1 Å². The second-order valence-electron chi connectivity index (χ2n) is 6.95. The number of aromatic nitrogens is 1. The largest absolute Gasteiger partial charge is 0.497 e. The van der Waals surface area contributed by atoms with Crippen LogP contribution in [0.2, 0.25) is 0 Å². The van der Waals surface area contributed by atoms with E-state index in [-0.39, 0.29) is 5.82 Å². The van der Waals surface area contributed by atoms with Gasteiger partial charge in [-0.15, -0.1) is 0 Å². The quantitative estimate of drug-likeness (QED) is 0.682. The molecule has 0 atom stereocenters. The maximum Gasteiger partial charge on any atom is 0.146 e. The Bertz CT molecular complexity index is 1000. The van der Waals surface area contributed by atoms with E-state index in [4.69, 9.17) is 14.5 Å². The maximum absolute atomic E-state index is 14.1. The van der Waals surface area contributed by atoms with Crippen molar-refractivity contribution in [2.24, 2.45) is 0 Å². The number of halogens is 1. The van der Waals surface area contributed by atoms with Crippen molar-refractivity contribution in [2.45, 2.75) is 6.92 Å². The molecule has 2 aromatic carbocycles. The van der Waals surface area contributed by atoms with Gasteiger partial charge in [0, 0.05) is 43.7 Å². The monoisotopic (exact) mass is 381 g/mol. The molecule has 146 valence electrons. The molecule has 3 aromatic rings. The number of piperazine rings is 1. The molecule has 1 aliphatic rings. The Morgan fingerprint density at radius 3 is 2.32 bits per heavy atom. The van der Waals surface area contributed by atoms with Crippen LogP contribution in [0.5, 0.6) is 11.5 Å². The van der Waals surface area contributed by atoms with Gasteiger partial charge in [-0.2, -0.15) is 0 Å². The van der Waals surface area contributed by atoms with E-state index in [0.29, 0.717) is 5.69 Å². The smallest absolute Gasteiger partial charge is 0.146 e. The highest BCUT2D eigenvalue weighted by Crippen LogP contribution is 2.34. The highest BCUT2D eigenvalue weighted by atomic mass is 19.1. The summed E-state index contributed by atoms with van der Waals surface area (Å²) in [5, 5.41) is 0.997. The SMILES string of the molecule is COc1cc(OC)c2c(C)cc(N3CCN(c4ccccc4F)CC3)nc2c1. The minimum atomic E-state index is -0.171. The molecule has 0 unspecified atom stereocenters. The van der Waals surface area contributed by atoms with Gasteiger partial charge in [0.25, 0.3) is 0 Å². The molecule has 1 aromatic heterocycles. The van der Waals surface area contributed by atoms with Crippen molar-refractivity contribution >= 4 is 22.4 Å². The number of fused-ring (bicyclic) bond motifs is 1. The molecule has 4 rings (SSSR count). The summed E-state index contributed by atoms with van der Waals surface area (Å²) in [5.41, 5.74) is 2.62. The predicted octanol–water partition coefficient (Wildman–Crippen LogP) is 4.03. The zero-order valence-electron chi connectivity index (χ0n) is 16.4. The predicted molar refractivity (Wildman–Crippen MR) is 110 cm³/mol. The Morgan fingerprint density at radius 2 is 1.64 bits per heavy atom. The van der Waals surface area contributed by atoms with Gasteiger partial charge < -0.3 is 19.3 Å². The summed E-state index contributed by atoms with van der Waals surface area (Å²) >= 11 is 0. The minimum Gasteiger partial charge on any atom is -0.497 e. The Labute approximate surface area is 164 Å². The van der Waals surface area contributed by atoms with Crippen LogP contribution in [-0.2, 0) is 0 Å². The van der Waals surface area contributed by atoms with Crippen molar-refractivity contribution in [1.82, 2.24) is 4.98 Å². The van der Waals surface area contributed by atoms with E-state index in [0.717, 1.165) is 60.0 Å². The van der Waals surface area contributed by atoms with Crippen LogP contribution in [0.1, 0.15) is 5.56 Å². The molecule has 6 heteroatoms. The van der Waals surface area contributed by atoms with Crippen molar-refractivity contribution in [3.05, 3.63) is 53.8 Å². The first-order valence-electron chi connectivity index (χ1n) is 9.38. The molecule has 1 aliphatic heterocycles. The lowest BCUT2D eigenvalue weighted by Crippen LogP contribution is -2.47. The summed E-state index contributed by atoms with van der Waals surface area (Å²) in [4.78, 5) is 9.20. The van der Waals surface area contributed by atoms with Crippen LogP contribution in [0.25, 0.3) is 10.9 Å². The lowest BCUT2D eigenvalue weighted by atomic mass is 10.1. The summed E-state index contributed by atoms with van der Waals surface area (Å²) in [5.74, 6) is 2.23. The van der Waals surface area contributed by atoms with Gasteiger partial charge in [-0.1, -0.05) is 12.1 Å². The molecule has 1 fully saturated rings. The average Bonchev–Trinajstić information content (AvgIpc) is 2.73. The minimum absolute atomic E-state index is 0.171. The van der Waals surface area contributed by atoms with E-state index >= 15 is 0 Å². The van der Waals surface area contributed by atoms with E-state index in [1.807, 2.05) is 24.3 Å². The Hall–Kier alpha value is -3.02. The standard InChI is InChI=1S/C22H24FN3O2/c1-15-12-21(24-18-13-16(27-2)14-20(28-3)22(15)18)26-10-8-25(9-11-26)19-7-5-4-6-17(19)23/h4-7,12-14H,8-11H2,1-3H3. The van der Waals surface area contributed by atoms with Gasteiger partial charge >= 0.3 is 0 Å². The Morgan fingerprint density at radius 1 is 0.929 bits per heavy atom. The number of rotatable bonds is 4. The number of benzene rings is 2. The molecule has 0 N–H and O–H groups in total. The fraction of sp³-hybridized carbons (Fsp3) is 0.318. The zero-order chi connectivity index (χ0) is 19.7. The van der Waals surface area contributed by atoms with E-state index in [1.54, 1.807) is 20.3 Å². The molecule has 0 bridgehead atoms. The second kappa shape index (κ2) is 7.54. The number of hydrogen-bond acceptors (Lipinski definition) is 5. The van der Waals surface area contributed by atoms with Gasteiger partial charge in [-0.3, -0.25) is 0 Å². The van der Waals surface area contributed by atoms with E-state index in [1.165, 1.54) is 6.07 Å². The third kappa shape index (κ3) is 3.30. The lowest BCUT2D eigenvalue weighted by Gasteiger charge is -2.37. The average molecular weight is 381 g/mol. The molecule has 0 amide bonds. The Balaban J connectivity index is 1.61. The molecule has 0 saturated carbocycles. The van der Waals surface area contributed by atoms with Gasteiger partial charge in [0.15, 0.2) is 0 Å². The molecule has 0 radical (unpaired) electrons. The van der Waals surface area contributed by atoms with Crippen molar-refractivity contribution in [2.75, 3.05) is 50.2 Å². The first-order valence-corrected chi connectivity index (χ1v) is 9.38. The van der Waals surface area contributed by atoms with Crippen LogP contribution in [0.3, 0.4) is 0 Å². The van der Waals surface area contributed by atoms with Crippen molar-refractivity contribution in [3.63, 3.8) is 0 Å². The summed E-state index contributed by atoms with van der Waals surface area (Å²) in [7, 11) is 3.29. The normalized spacial score (nSPS) is 14.4. The van der Waals surface area contributed by atoms with Gasteiger partial charge in [-0.25, -0.2) is 9.37 Å². The third-order valence-electron chi connectivity index (χ3n) is 5.28. The van der Waals surface area contributed by atoms with Crippen molar-refractivity contribution in [1.29, 1.82) is 0 Å². The van der Waals surface area contributed by atoms with E-state index < -0.39 is 0 Å². The molecule has 28 heavy (non-hydrogen) atoms. The van der Waals surface area contributed by atoms with Gasteiger partial charge in [0.05, 0.1) is 25.4 Å². The van der Waals surface area contributed by atoms with Crippen LogP contribution in [-0.4, -0.2) is 45.4 Å². The number of aryl methyl sites for hydroxylation is 1. The lowest BCUT2D eigenvalue weighted by molar-refractivity contribution is 0.397. The van der Waals surface area contributed by atoms with Crippen LogP contribution in [0.15, 0.2) is 42.5 Å². The fourth-order valence-electron chi connectivity index (χ4n) is 3.81. The van der Waals surface area contributed by atoms with Gasteiger partial charge in [0.2, 0.25) is 0 Å². The summed E-state index contributed by atoms with van der Waals surface area (Å²) in [6.45, 7) is 5.14. The van der Waals surface area contributed by atoms with E-state index in [2.05, 4.69) is 22.8 Å². The molecule has 2 heterocycles. The highest BCUT2D eigenvalue weighted by molar-refractivity contribution is 5.91. The molecule has 1 saturated heterocycles. The van der Waals surface area contributed by atoms with E-state index in [9.17, 15) is 4.39 Å². The van der Waals surface area contributed by atoms with Crippen LogP contribution in [0, 0.1) is 12.7 Å². The Kier molecular flexibility index (Phi) is 4.94. The zero-order valence-corrected chi connectivity index (χ0v) is 16.4. The van der Waals surface area contributed by atoms with Crippen LogP contribution < -0.4 is 19.3 Å². The maximum atomic E-state index is 14.1.